The molecule has 21 heavy (non-hydrogen) atoms. The fraction of sp³-hybridized carbons (Fsp3) is 0.667. The normalized spacial score (nSPS) is 25.7. The fourth-order valence-electron chi connectivity index (χ4n) is 2.93. The minimum Gasteiger partial charge on any atom is -0.377 e. The fourth-order valence-corrected chi connectivity index (χ4v) is 3.35. The van der Waals surface area contributed by atoms with Gasteiger partial charge in [-0.15, -0.1) is 0 Å². The predicted molar refractivity (Wildman–Crippen MR) is 92.5 cm³/mol. The van der Waals surface area contributed by atoms with Crippen molar-refractivity contribution in [1.82, 2.24) is 5.32 Å². The van der Waals surface area contributed by atoms with Crippen LogP contribution in [0.1, 0.15) is 52.6 Å². The summed E-state index contributed by atoms with van der Waals surface area (Å²) >= 11 is 3.55. The van der Waals surface area contributed by atoms with Crippen LogP contribution < -0.4 is 5.32 Å². The quantitative estimate of drug-likeness (QED) is 0.781. The summed E-state index contributed by atoms with van der Waals surface area (Å²) in [5.41, 5.74) is 1.53. The number of hydrogen-bond donors (Lipinski definition) is 1. The second-order valence-electron chi connectivity index (χ2n) is 7.27. The molecule has 0 heterocycles. The second-order valence-corrected chi connectivity index (χ2v) is 8.18. The molecule has 2 rings (SSSR count). The van der Waals surface area contributed by atoms with Crippen LogP contribution in [-0.4, -0.2) is 18.8 Å². The Morgan fingerprint density at radius 1 is 1.33 bits per heavy atom. The van der Waals surface area contributed by atoms with Crippen LogP contribution in [0.4, 0.5) is 0 Å². The summed E-state index contributed by atoms with van der Waals surface area (Å²) in [6.45, 7) is 12.1. The van der Waals surface area contributed by atoms with Gasteiger partial charge in [-0.25, -0.2) is 0 Å². The monoisotopic (exact) mass is 353 g/mol. The number of rotatable bonds is 6. The van der Waals surface area contributed by atoms with E-state index in [9.17, 15) is 0 Å². The molecular weight excluding hydrogens is 326 g/mol. The molecule has 1 fully saturated rings. The Kier molecular flexibility index (Phi) is 5.50. The van der Waals surface area contributed by atoms with E-state index in [1.54, 1.807) is 0 Å². The lowest BCUT2D eigenvalue weighted by Gasteiger charge is -2.53. The first-order valence-electron chi connectivity index (χ1n) is 7.93. The Labute approximate surface area is 137 Å². The van der Waals surface area contributed by atoms with E-state index < -0.39 is 0 Å². The third-order valence-corrected chi connectivity index (χ3v) is 5.10. The second kappa shape index (κ2) is 6.80. The van der Waals surface area contributed by atoms with Crippen LogP contribution in [0.2, 0.25) is 0 Å². The van der Waals surface area contributed by atoms with Gasteiger partial charge >= 0.3 is 0 Å². The van der Waals surface area contributed by atoms with Gasteiger partial charge in [-0.3, -0.25) is 0 Å². The lowest BCUT2D eigenvalue weighted by atomic mass is 9.64. The SMILES string of the molecule is CC(C)COC1CC(N[C@H](C)c2cccc(Br)c2)C1(C)C. The van der Waals surface area contributed by atoms with Gasteiger partial charge in [0.2, 0.25) is 0 Å². The molecule has 0 radical (unpaired) electrons. The van der Waals surface area contributed by atoms with Gasteiger partial charge in [0.05, 0.1) is 6.10 Å². The van der Waals surface area contributed by atoms with Gasteiger partial charge in [0.15, 0.2) is 0 Å². The van der Waals surface area contributed by atoms with Gasteiger partial charge < -0.3 is 10.1 Å². The predicted octanol–water partition coefficient (Wildman–Crippen LogP) is 4.94. The minimum atomic E-state index is 0.204. The van der Waals surface area contributed by atoms with Gasteiger partial charge in [-0.1, -0.05) is 55.8 Å². The van der Waals surface area contributed by atoms with Crippen LogP contribution in [-0.2, 0) is 4.74 Å². The van der Waals surface area contributed by atoms with Crippen molar-refractivity contribution in [3.8, 4) is 0 Å². The lowest BCUT2D eigenvalue weighted by Crippen LogP contribution is -2.61. The molecule has 3 heteroatoms. The van der Waals surface area contributed by atoms with Gasteiger partial charge in [0, 0.05) is 28.6 Å². The van der Waals surface area contributed by atoms with Crippen molar-refractivity contribution in [3.63, 3.8) is 0 Å². The number of hydrogen-bond acceptors (Lipinski definition) is 2. The molecule has 1 N–H and O–H groups in total. The summed E-state index contributed by atoms with van der Waals surface area (Å²) in [6.07, 6.45) is 1.49. The van der Waals surface area contributed by atoms with Crippen LogP contribution >= 0.6 is 15.9 Å². The summed E-state index contributed by atoms with van der Waals surface area (Å²) < 4.78 is 7.18. The molecule has 2 nitrogen and oxygen atoms in total. The zero-order chi connectivity index (χ0) is 15.6. The number of ether oxygens (including phenoxy) is 1. The molecule has 1 saturated carbocycles. The topological polar surface area (TPSA) is 21.3 Å². The van der Waals surface area contributed by atoms with E-state index in [4.69, 9.17) is 4.74 Å². The van der Waals surface area contributed by atoms with E-state index in [0.717, 1.165) is 17.5 Å². The highest BCUT2D eigenvalue weighted by molar-refractivity contribution is 9.10. The maximum atomic E-state index is 6.04. The smallest absolute Gasteiger partial charge is 0.0656 e. The Morgan fingerprint density at radius 3 is 2.62 bits per heavy atom. The number of nitrogens with one attached hydrogen (secondary N) is 1. The third-order valence-electron chi connectivity index (χ3n) is 4.61. The Bertz CT molecular complexity index is 472. The molecule has 0 spiro atoms. The van der Waals surface area contributed by atoms with Crippen molar-refractivity contribution >= 4 is 15.9 Å². The van der Waals surface area contributed by atoms with Gasteiger partial charge in [-0.2, -0.15) is 0 Å². The van der Waals surface area contributed by atoms with Gasteiger partial charge in [0.25, 0.3) is 0 Å². The molecule has 0 aliphatic heterocycles. The van der Waals surface area contributed by atoms with E-state index in [-0.39, 0.29) is 5.41 Å². The molecule has 0 aromatic heterocycles. The highest BCUT2D eigenvalue weighted by Crippen LogP contribution is 2.44. The molecule has 1 aromatic carbocycles. The first-order valence-corrected chi connectivity index (χ1v) is 8.73. The van der Waals surface area contributed by atoms with Crippen LogP contribution in [0.3, 0.4) is 0 Å². The first kappa shape index (κ1) is 17.0. The highest BCUT2D eigenvalue weighted by Gasteiger charge is 2.49. The molecule has 1 aromatic rings. The van der Waals surface area contributed by atoms with Crippen LogP contribution in [0, 0.1) is 11.3 Å². The Balaban J connectivity index is 1.90. The molecule has 2 unspecified atom stereocenters. The maximum Gasteiger partial charge on any atom is 0.0656 e. The Hall–Kier alpha value is -0.380. The van der Waals surface area contributed by atoms with Crippen molar-refractivity contribution in [2.75, 3.05) is 6.61 Å². The molecular formula is C18H28BrNO. The number of benzene rings is 1. The average Bonchev–Trinajstić information content (AvgIpc) is 2.41. The van der Waals surface area contributed by atoms with E-state index in [2.05, 4.69) is 80.1 Å². The largest absolute Gasteiger partial charge is 0.377 e. The number of halogens is 1. The molecule has 1 aliphatic rings. The summed E-state index contributed by atoms with van der Waals surface area (Å²) in [7, 11) is 0. The van der Waals surface area contributed by atoms with Crippen molar-refractivity contribution in [2.24, 2.45) is 11.3 Å². The molecule has 0 saturated heterocycles. The summed E-state index contributed by atoms with van der Waals surface area (Å²) in [5, 5.41) is 3.77. The summed E-state index contributed by atoms with van der Waals surface area (Å²) in [5.74, 6) is 0.605. The Morgan fingerprint density at radius 2 is 2.05 bits per heavy atom. The van der Waals surface area contributed by atoms with Crippen molar-refractivity contribution in [3.05, 3.63) is 34.3 Å². The van der Waals surface area contributed by atoms with Crippen LogP contribution in [0.5, 0.6) is 0 Å². The standard InChI is InChI=1S/C18H28BrNO/c1-12(2)11-21-17-10-16(18(17,4)5)20-13(3)14-7-6-8-15(19)9-14/h6-9,12-13,16-17,20H,10-11H2,1-5H3/t13-,16?,17?/m1/s1. The van der Waals surface area contributed by atoms with E-state index in [0.29, 0.717) is 24.1 Å². The van der Waals surface area contributed by atoms with Crippen molar-refractivity contribution in [1.29, 1.82) is 0 Å². The molecule has 1 aliphatic carbocycles. The minimum absolute atomic E-state index is 0.204. The molecule has 118 valence electrons. The average molecular weight is 354 g/mol. The molecule has 0 bridgehead atoms. The molecule has 3 atom stereocenters. The lowest BCUT2D eigenvalue weighted by molar-refractivity contribution is -0.125. The van der Waals surface area contributed by atoms with Gasteiger partial charge in [0.1, 0.15) is 0 Å². The highest BCUT2D eigenvalue weighted by atomic mass is 79.9. The first-order chi connectivity index (χ1) is 9.80. The summed E-state index contributed by atoms with van der Waals surface area (Å²) in [4.78, 5) is 0. The molecule has 0 amide bonds. The zero-order valence-corrected chi connectivity index (χ0v) is 15.4. The zero-order valence-electron chi connectivity index (χ0n) is 13.8. The van der Waals surface area contributed by atoms with E-state index >= 15 is 0 Å². The summed E-state index contributed by atoms with van der Waals surface area (Å²) in [6, 6.07) is 9.41. The van der Waals surface area contributed by atoms with E-state index in [1.807, 2.05) is 0 Å². The maximum absolute atomic E-state index is 6.04. The third kappa shape index (κ3) is 4.08. The van der Waals surface area contributed by atoms with Crippen molar-refractivity contribution in [2.45, 2.75) is 59.2 Å². The van der Waals surface area contributed by atoms with Gasteiger partial charge in [-0.05, 0) is 37.0 Å². The van der Waals surface area contributed by atoms with Crippen LogP contribution in [0.15, 0.2) is 28.7 Å². The van der Waals surface area contributed by atoms with E-state index in [1.165, 1.54) is 5.56 Å². The van der Waals surface area contributed by atoms with Crippen molar-refractivity contribution < 1.29 is 4.74 Å². The van der Waals surface area contributed by atoms with Crippen LogP contribution in [0.25, 0.3) is 0 Å².